The number of hydrogen-bond acceptors (Lipinski definition) is 4. The number of carbonyl (C=O) groups is 1. The Morgan fingerprint density at radius 1 is 1.04 bits per heavy atom. The molecule has 1 amide bonds. The molecule has 0 unspecified atom stereocenters. The largest absolute Gasteiger partial charge is 0.340 e. The van der Waals surface area contributed by atoms with E-state index in [4.69, 9.17) is 0 Å². The van der Waals surface area contributed by atoms with E-state index in [1.54, 1.807) is 11.0 Å². The first-order valence-corrected chi connectivity index (χ1v) is 8.63. The third-order valence-electron chi connectivity index (χ3n) is 4.19. The SMILES string of the molecule is CCc1cccc(CC)c1Nc1cc(C(=O)N(CC)CC)ncn1. The Morgan fingerprint density at radius 2 is 1.67 bits per heavy atom. The number of rotatable bonds is 7. The van der Waals surface area contributed by atoms with Gasteiger partial charge in [-0.1, -0.05) is 32.0 Å². The van der Waals surface area contributed by atoms with Crippen LogP contribution in [0.15, 0.2) is 30.6 Å². The van der Waals surface area contributed by atoms with Gasteiger partial charge >= 0.3 is 0 Å². The fraction of sp³-hybridized carbons (Fsp3) is 0.421. The maximum absolute atomic E-state index is 12.5. The minimum Gasteiger partial charge on any atom is -0.340 e. The second-order valence-corrected chi connectivity index (χ2v) is 5.55. The van der Waals surface area contributed by atoms with E-state index in [2.05, 4.69) is 47.3 Å². The van der Waals surface area contributed by atoms with Crippen LogP contribution in [-0.4, -0.2) is 33.9 Å². The smallest absolute Gasteiger partial charge is 0.272 e. The predicted molar refractivity (Wildman–Crippen MR) is 97.8 cm³/mol. The summed E-state index contributed by atoms with van der Waals surface area (Å²) in [6.45, 7) is 9.53. The number of aromatic nitrogens is 2. The van der Waals surface area contributed by atoms with Crippen LogP contribution in [-0.2, 0) is 12.8 Å². The Hall–Kier alpha value is -2.43. The monoisotopic (exact) mass is 326 g/mol. The number of anilines is 2. The molecule has 1 aromatic heterocycles. The van der Waals surface area contributed by atoms with Gasteiger partial charge in [-0.15, -0.1) is 0 Å². The molecule has 24 heavy (non-hydrogen) atoms. The minimum atomic E-state index is -0.0649. The quantitative estimate of drug-likeness (QED) is 0.840. The molecule has 0 aliphatic carbocycles. The minimum absolute atomic E-state index is 0.0649. The fourth-order valence-corrected chi connectivity index (χ4v) is 2.75. The molecule has 0 aliphatic rings. The van der Waals surface area contributed by atoms with E-state index in [1.807, 2.05) is 13.8 Å². The number of amides is 1. The van der Waals surface area contributed by atoms with Crippen molar-refractivity contribution in [3.63, 3.8) is 0 Å². The molecular weight excluding hydrogens is 300 g/mol. The lowest BCUT2D eigenvalue weighted by atomic mass is 10.0. The normalized spacial score (nSPS) is 10.5. The van der Waals surface area contributed by atoms with Gasteiger partial charge in [-0.3, -0.25) is 4.79 Å². The number of para-hydroxylation sites is 1. The van der Waals surface area contributed by atoms with E-state index < -0.39 is 0 Å². The summed E-state index contributed by atoms with van der Waals surface area (Å²) in [4.78, 5) is 22.6. The molecule has 0 saturated heterocycles. The van der Waals surface area contributed by atoms with Gasteiger partial charge in [0.1, 0.15) is 17.8 Å². The highest BCUT2D eigenvalue weighted by Crippen LogP contribution is 2.25. The van der Waals surface area contributed by atoms with Gasteiger partial charge in [0.15, 0.2) is 0 Å². The van der Waals surface area contributed by atoms with Crippen LogP contribution < -0.4 is 5.32 Å². The zero-order chi connectivity index (χ0) is 17.5. The average molecular weight is 326 g/mol. The van der Waals surface area contributed by atoms with Crippen molar-refractivity contribution in [3.8, 4) is 0 Å². The van der Waals surface area contributed by atoms with E-state index in [9.17, 15) is 4.79 Å². The Morgan fingerprint density at radius 3 is 2.21 bits per heavy atom. The van der Waals surface area contributed by atoms with Gasteiger partial charge in [0, 0.05) is 24.8 Å². The first-order valence-electron chi connectivity index (χ1n) is 8.63. The third kappa shape index (κ3) is 3.91. The van der Waals surface area contributed by atoms with Crippen LogP contribution in [0.25, 0.3) is 0 Å². The van der Waals surface area contributed by atoms with Crippen LogP contribution in [0, 0.1) is 0 Å². The van der Waals surface area contributed by atoms with Crippen LogP contribution in [0.2, 0.25) is 0 Å². The molecule has 0 aliphatic heterocycles. The maximum atomic E-state index is 12.5. The second kappa shape index (κ2) is 8.43. The summed E-state index contributed by atoms with van der Waals surface area (Å²) in [5.74, 6) is 0.584. The Kier molecular flexibility index (Phi) is 6.29. The van der Waals surface area contributed by atoms with Gasteiger partial charge in [-0.05, 0) is 37.8 Å². The Balaban J connectivity index is 2.32. The summed E-state index contributed by atoms with van der Waals surface area (Å²) in [6, 6.07) is 8.04. The van der Waals surface area contributed by atoms with Crippen molar-refractivity contribution in [1.29, 1.82) is 0 Å². The average Bonchev–Trinajstić information content (AvgIpc) is 2.63. The van der Waals surface area contributed by atoms with E-state index in [1.165, 1.54) is 17.5 Å². The van der Waals surface area contributed by atoms with Gasteiger partial charge in [0.05, 0.1) is 0 Å². The number of aryl methyl sites for hydroxylation is 2. The number of nitrogens with one attached hydrogen (secondary N) is 1. The van der Waals surface area contributed by atoms with Gasteiger partial charge in [0.25, 0.3) is 5.91 Å². The predicted octanol–water partition coefficient (Wildman–Crippen LogP) is 3.83. The Labute approximate surface area is 144 Å². The molecule has 0 bridgehead atoms. The molecule has 0 saturated carbocycles. The van der Waals surface area contributed by atoms with E-state index >= 15 is 0 Å². The van der Waals surface area contributed by atoms with Gasteiger partial charge in [-0.2, -0.15) is 0 Å². The lowest BCUT2D eigenvalue weighted by Crippen LogP contribution is -2.31. The molecule has 1 N–H and O–H groups in total. The number of carbonyl (C=O) groups excluding carboxylic acids is 1. The standard InChI is InChI=1S/C19H26N4O/c1-5-14-10-9-11-15(6-2)18(14)22-17-12-16(20-13-21-17)19(24)23(7-3)8-4/h9-13H,5-8H2,1-4H3,(H,20,21,22). The Bertz CT molecular complexity index is 673. The molecule has 2 aromatic rings. The van der Waals surface area contributed by atoms with Crippen LogP contribution in [0.3, 0.4) is 0 Å². The molecule has 1 aromatic carbocycles. The van der Waals surface area contributed by atoms with E-state index in [0.29, 0.717) is 24.6 Å². The molecule has 128 valence electrons. The summed E-state index contributed by atoms with van der Waals surface area (Å²) in [5.41, 5.74) is 3.99. The molecular formula is C19H26N4O. The zero-order valence-corrected chi connectivity index (χ0v) is 15.0. The number of nitrogens with zero attached hydrogens (tertiary/aromatic N) is 3. The van der Waals surface area contributed by atoms with Gasteiger partial charge in [0.2, 0.25) is 0 Å². The number of benzene rings is 1. The fourth-order valence-electron chi connectivity index (χ4n) is 2.75. The van der Waals surface area contributed by atoms with Crippen molar-refractivity contribution in [2.45, 2.75) is 40.5 Å². The summed E-state index contributed by atoms with van der Waals surface area (Å²) in [5, 5.41) is 3.39. The first kappa shape index (κ1) is 17.9. The van der Waals surface area contributed by atoms with E-state index in [-0.39, 0.29) is 5.91 Å². The maximum Gasteiger partial charge on any atom is 0.272 e. The zero-order valence-electron chi connectivity index (χ0n) is 15.0. The molecule has 5 heteroatoms. The van der Waals surface area contributed by atoms with Gasteiger partial charge < -0.3 is 10.2 Å². The highest BCUT2D eigenvalue weighted by atomic mass is 16.2. The molecule has 1 heterocycles. The van der Waals surface area contributed by atoms with Crippen molar-refractivity contribution in [2.24, 2.45) is 0 Å². The van der Waals surface area contributed by atoms with Crippen molar-refractivity contribution in [2.75, 3.05) is 18.4 Å². The highest BCUT2D eigenvalue weighted by Gasteiger charge is 2.15. The van der Waals surface area contributed by atoms with Crippen molar-refractivity contribution in [1.82, 2.24) is 14.9 Å². The summed E-state index contributed by atoms with van der Waals surface area (Å²) >= 11 is 0. The molecule has 5 nitrogen and oxygen atoms in total. The van der Waals surface area contributed by atoms with Crippen molar-refractivity contribution >= 4 is 17.4 Å². The summed E-state index contributed by atoms with van der Waals surface area (Å²) in [7, 11) is 0. The second-order valence-electron chi connectivity index (χ2n) is 5.55. The van der Waals surface area contributed by atoms with E-state index in [0.717, 1.165) is 18.5 Å². The topological polar surface area (TPSA) is 58.1 Å². The van der Waals surface area contributed by atoms with Crippen LogP contribution in [0.4, 0.5) is 11.5 Å². The molecule has 0 atom stereocenters. The third-order valence-corrected chi connectivity index (χ3v) is 4.19. The van der Waals surface area contributed by atoms with Crippen LogP contribution in [0.5, 0.6) is 0 Å². The lowest BCUT2D eigenvalue weighted by Gasteiger charge is -2.18. The summed E-state index contributed by atoms with van der Waals surface area (Å²) < 4.78 is 0. The summed E-state index contributed by atoms with van der Waals surface area (Å²) in [6.07, 6.45) is 3.32. The lowest BCUT2D eigenvalue weighted by molar-refractivity contribution is 0.0767. The first-order chi connectivity index (χ1) is 11.6. The van der Waals surface area contributed by atoms with Crippen molar-refractivity contribution in [3.05, 3.63) is 47.4 Å². The van der Waals surface area contributed by atoms with Gasteiger partial charge in [-0.25, -0.2) is 9.97 Å². The molecule has 2 rings (SSSR count). The molecule has 0 radical (unpaired) electrons. The van der Waals surface area contributed by atoms with Crippen LogP contribution in [0.1, 0.15) is 49.3 Å². The highest BCUT2D eigenvalue weighted by molar-refractivity contribution is 5.93. The molecule has 0 fully saturated rings. The van der Waals surface area contributed by atoms with Crippen LogP contribution >= 0.6 is 0 Å². The van der Waals surface area contributed by atoms with Crippen molar-refractivity contribution < 1.29 is 4.79 Å². The number of hydrogen-bond donors (Lipinski definition) is 1. The molecule has 0 spiro atoms.